The molecule has 2 rings (SSSR count). The molecule has 0 spiro atoms. The van der Waals surface area contributed by atoms with Crippen molar-refractivity contribution >= 4 is 11.8 Å². The van der Waals surface area contributed by atoms with Gasteiger partial charge >= 0.3 is 5.97 Å². The van der Waals surface area contributed by atoms with Gasteiger partial charge in [-0.2, -0.15) is 0 Å². The Balaban J connectivity index is 2.19. The number of Topliss-reactive ketones (excluding diaryl/α,β-unsaturated/α-hetero) is 1. The van der Waals surface area contributed by atoms with E-state index in [0.717, 1.165) is 5.56 Å². The SMILES string of the molecule is CC(=O)c1cccc(OC(=O)c2cccc(C)c2)c1. The zero-order valence-electron chi connectivity index (χ0n) is 10.8. The third-order valence-electron chi connectivity index (χ3n) is 2.70. The highest BCUT2D eigenvalue weighted by molar-refractivity contribution is 5.95. The van der Waals surface area contributed by atoms with E-state index in [0.29, 0.717) is 16.9 Å². The maximum absolute atomic E-state index is 11.9. The molecule has 0 unspecified atom stereocenters. The summed E-state index contributed by atoms with van der Waals surface area (Å²) in [5.74, 6) is -0.114. The van der Waals surface area contributed by atoms with Gasteiger partial charge in [0.1, 0.15) is 5.75 Å². The molecule has 0 amide bonds. The molecule has 2 aromatic rings. The predicted molar refractivity (Wildman–Crippen MR) is 72.6 cm³/mol. The minimum Gasteiger partial charge on any atom is -0.423 e. The molecule has 0 fully saturated rings. The van der Waals surface area contributed by atoms with Crippen molar-refractivity contribution in [2.75, 3.05) is 0 Å². The van der Waals surface area contributed by atoms with E-state index in [4.69, 9.17) is 4.74 Å². The number of aryl methyl sites for hydroxylation is 1. The fraction of sp³-hybridized carbons (Fsp3) is 0.125. The molecule has 0 saturated carbocycles. The average molecular weight is 254 g/mol. The van der Waals surface area contributed by atoms with E-state index in [2.05, 4.69) is 0 Å². The lowest BCUT2D eigenvalue weighted by molar-refractivity contribution is 0.0733. The number of hydrogen-bond donors (Lipinski definition) is 0. The number of carbonyl (C=O) groups is 2. The predicted octanol–water partition coefficient (Wildman–Crippen LogP) is 3.42. The van der Waals surface area contributed by atoms with Crippen LogP contribution in [0.3, 0.4) is 0 Å². The largest absolute Gasteiger partial charge is 0.423 e. The molecule has 0 saturated heterocycles. The molecule has 0 bridgehead atoms. The van der Waals surface area contributed by atoms with Gasteiger partial charge in [-0.15, -0.1) is 0 Å². The van der Waals surface area contributed by atoms with Crippen molar-refractivity contribution in [2.45, 2.75) is 13.8 Å². The summed E-state index contributed by atoms with van der Waals surface area (Å²) in [7, 11) is 0. The molecule has 96 valence electrons. The number of ketones is 1. The van der Waals surface area contributed by atoms with E-state index in [9.17, 15) is 9.59 Å². The highest BCUT2D eigenvalue weighted by Gasteiger charge is 2.09. The Bertz CT molecular complexity index is 629. The lowest BCUT2D eigenvalue weighted by Gasteiger charge is -2.06. The van der Waals surface area contributed by atoms with Crippen LogP contribution in [0.4, 0.5) is 0 Å². The number of esters is 1. The fourth-order valence-electron chi connectivity index (χ4n) is 1.72. The minimum atomic E-state index is -0.426. The van der Waals surface area contributed by atoms with Gasteiger partial charge in [-0.1, -0.05) is 29.8 Å². The number of hydrogen-bond acceptors (Lipinski definition) is 3. The molecule has 19 heavy (non-hydrogen) atoms. The molecule has 0 heterocycles. The molecule has 0 atom stereocenters. The monoisotopic (exact) mass is 254 g/mol. The lowest BCUT2D eigenvalue weighted by atomic mass is 10.1. The molecule has 2 aromatic carbocycles. The Labute approximate surface area is 111 Å². The second-order valence-electron chi connectivity index (χ2n) is 4.34. The summed E-state index contributed by atoms with van der Waals surface area (Å²) in [6, 6.07) is 13.8. The van der Waals surface area contributed by atoms with E-state index in [1.165, 1.54) is 6.92 Å². The van der Waals surface area contributed by atoms with Gasteiger partial charge in [0.25, 0.3) is 0 Å². The average Bonchev–Trinajstić information content (AvgIpc) is 2.39. The van der Waals surface area contributed by atoms with Crippen molar-refractivity contribution in [1.82, 2.24) is 0 Å². The van der Waals surface area contributed by atoms with Gasteiger partial charge in [-0.25, -0.2) is 4.79 Å². The summed E-state index contributed by atoms with van der Waals surface area (Å²) in [6.07, 6.45) is 0. The maximum atomic E-state index is 11.9. The number of rotatable bonds is 3. The quantitative estimate of drug-likeness (QED) is 0.479. The molecule has 0 radical (unpaired) electrons. The Morgan fingerprint density at radius 3 is 2.32 bits per heavy atom. The van der Waals surface area contributed by atoms with E-state index in [1.54, 1.807) is 42.5 Å². The second-order valence-corrected chi connectivity index (χ2v) is 4.34. The third kappa shape index (κ3) is 3.28. The zero-order valence-corrected chi connectivity index (χ0v) is 10.8. The Hall–Kier alpha value is -2.42. The van der Waals surface area contributed by atoms with Crippen molar-refractivity contribution in [1.29, 1.82) is 0 Å². The van der Waals surface area contributed by atoms with Crippen LogP contribution in [0.1, 0.15) is 33.2 Å². The zero-order chi connectivity index (χ0) is 13.8. The highest BCUT2D eigenvalue weighted by Crippen LogP contribution is 2.16. The van der Waals surface area contributed by atoms with Gasteiger partial charge in [0.05, 0.1) is 5.56 Å². The van der Waals surface area contributed by atoms with E-state index >= 15 is 0 Å². The normalized spacial score (nSPS) is 10.0. The first kappa shape index (κ1) is 13.0. The van der Waals surface area contributed by atoms with Crippen LogP contribution in [0.15, 0.2) is 48.5 Å². The van der Waals surface area contributed by atoms with Gasteiger partial charge in [0.2, 0.25) is 0 Å². The lowest BCUT2D eigenvalue weighted by Crippen LogP contribution is -2.09. The van der Waals surface area contributed by atoms with Crippen LogP contribution in [0.2, 0.25) is 0 Å². The maximum Gasteiger partial charge on any atom is 0.343 e. The first-order valence-electron chi connectivity index (χ1n) is 5.96. The highest BCUT2D eigenvalue weighted by atomic mass is 16.5. The van der Waals surface area contributed by atoms with Crippen LogP contribution in [-0.2, 0) is 0 Å². The van der Waals surface area contributed by atoms with Crippen molar-refractivity contribution in [3.63, 3.8) is 0 Å². The molecule has 0 aliphatic carbocycles. The first-order chi connectivity index (χ1) is 9.06. The van der Waals surface area contributed by atoms with Gasteiger partial charge in [-0.3, -0.25) is 4.79 Å². The summed E-state index contributed by atoms with van der Waals surface area (Å²) >= 11 is 0. The summed E-state index contributed by atoms with van der Waals surface area (Å²) in [5, 5.41) is 0. The molecular formula is C16H14O3. The van der Waals surface area contributed by atoms with Gasteiger partial charge in [0, 0.05) is 5.56 Å². The molecule has 0 aromatic heterocycles. The topological polar surface area (TPSA) is 43.4 Å². The van der Waals surface area contributed by atoms with E-state index < -0.39 is 5.97 Å². The number of carbonyl (C=O) groups excluding carboxylic acids is 2. The standard InChI is InChI=1S/C16H14O3/c1-11-5-3-7-14(9-11)16(18)19-15-8-4-6-13(10-15)12(2)17/h3-10H,1-2H3. The van der Waals surface area contributed by atoms with Crippen molar-refractivity contribution in [3.05, 3.63) is 65.2 Å². The summed E-state index contributed by atoms with van der Waals surface area (Å²) in [4.78, 5) is 23.2. The van der Waals surface area contributed by atoms with Crippen LogP contribution >= 0.6 is 0 Å². The number of ether oxygens (including phenoxy) is 1. The van der Waals surface area contributed by atoms with Gasteiger partial charge in [0.15, 0.2) is 5.78 Å². The van der Waals surface area contributed by atoms with Crippen molar-refractivity contribution in [2.24, 2.45) is 0 Å². The number of benzene rings is 2. The van der Waals surface area contributed by atoms with Crippen LogP contribution in [-0.4, -0.2) is 11.8 Å². The van der Waals surface area contributed by atoms with Gasteiger partial charge < -0.3 is 4.74 Å². The van der Waals surface area contributed by atoms with Crippen LogP contribution in [0.5, 0.6) is 5.75 Å². The van der Waals surface area contributed by atoms with Crippen molar-refractivity contribution in [3.8, 4) is 5.75 Å². The van der Waals surface area contributed by atoms with Crippen LogP contribution < -0.4 is 4.74 Å². The molecule has 0 aliphatic heterocycles. The summed E-state index contributed by atoms with van der Waals surface area (Å²) in [6.45, 7) is 3.38. The van der Waals surface area contributed by atoms with Gasteiger partial charge in [-0.05, 0) is 38.1 Å². The molecule has 3 heteroatoms. The van der Waals surface area contributed by atoms with Crippen LogP contribution in [0, 0.1) is 6.92 Å². The summed E-state index contributed by atoms with van der Waals surface area (Å²) in [5.41, 5.74) is 2.01. The second kappa shape index (κ2) is 5.48. The van der Waals surface area contributed by atoms with E-state index in [1.807, 2.05) is 13.0 Å². The summed E-state index contributed by atoms with van der Waals surface area (Å²) < 4.78 is 5.26. The molecule has 0 N–H and O–H groups in total. The fourth-order valence-corrected chi connectivity index (χ4v) is 1.72. The molecule has 3 nitrogen and oxygen atoms in total. The Morgan fingerprint density at radius 2 is 1.63 bits per heavy atom. The molecular weight excluding hydrogens is 240 g/mol. The first-order valence-corrected chi connectivity index (χ1v) is 5.96. The Kier molecular flexibility index (Phi) is 3.76. The minimum absolute atomic E-state index is 0.0616. The Morgan fingerprint density at radius 1 is 0.947 bits per heavy atom. The third-order valence-corrected chi connectivity index (χ3v) is 2.70. The molecule has 0 aliphatic rings. The van der Waals surface area contributed by atoms with Crippen molar-refractivity contribution < 1.29 is 14.3 Å². The van der Waals surface area contributed by atoms with E-state index in [-0.39, 0.29) is 5.78 Å². The van der Waals surface area contributed by atoms with Crippen LogP contribution in [0.25, 0.3) is 0 Å². The smallest absolute Gasteiger partial charge is 0.343 e.